The van der Waals surface area contributed by atoms with Gasteiger partial charge in [-0.1, -0.05) is 32.9 Å². The van der Waals surface area contributed by atoms with Crippen molar-refractivity contribution in [2.24, 2.45) is 0 Å². The zero-order valence-electron chi connectivity index (χ0n) is 11.2. The number of sulfone groups is 1. The van der Waals surface area contributed by atoms with Gasteiger partial charge in [0.2, 0.25) is 0 Å². The van der Waals surface area contributed by atoms with Crippen molar-refractivity contribution in [2.75, 3.05) is 5.75 Å². The summed E-state index contributed by atoms with van der Waals surface area (Å²) in [4.78, 5) is 0.415. The Labute approximate surface area is 110 Å². The van der Waals surface area contributed by atoms with Crippen LogP contribution in [0.15, 0.2) is 29.2 Å². The van der Waals surface area contributed by atoms with Crippen LogP contribution in [0.1, 0.15) is 45.1 Å². The zero-order chi connectivity index (χ0) is 13.6. The minimum absolute atomic E-state index is 0.139. The van der Waals surface area contributed by atoms with Gasteiger partial charge in [0.05, 0.1) is 10.6 Å². The molecule has 0 heterocycles. The molecule has 1 aromatic carbocycles. The molecule has 0 saturated carbocycles. The Kier molecular flexibility index (Phi) is 5.43. The standard InChI is InChI=1S/C15H20O2S/c1-4-6-7-9-13(3)14-10-8-11-15(12-14)18(16,17)5-2/h8,10-13H,4-5,9H2,1-3H3. The van der Waals surface area contributed by atoms with Crippen LogP contribution in [0.3, 0.4) is 0 Å². The van der Waals surface area contributed by atoms with Crippen molar-refractivity contribution < 1.29 is 8.42 Å². The third-order valence-electron chi connectivity index (χ3n) is 2.88. The molecule has 1 unspecified atom stereocenters. The number of hydrogen-bond donors (Lipinski definition) is 0. The molecule has 2 nitrogen and oxygen atoms in total. The first-order valence-corrected chi connectivity index (χ1v) is 7.95. The molecule has 0 aliphatic carbocycles. The average molecular weight is 264 g/mol. The first-order chi connectivity index (χ1) is 8.51. The largest absolute Gasteiger partial charge is 0.224 e. The predicted octanol–water partition coefficient (Wildman–Crippen LogP) is 3.39. The lowest BCUT2D eigenvalue weighted by atomic mass is 9.98. The van der Waals surface area contributed by atoms with E-state index >= 15 is 0 Å². The fourth-order valence-electron chi connectivity index (χ4n) is 1.65. The second kappa shape index (κ2) is 6.61. The van der Waals surface area contributed by atoms with Gasteiger partial charge in [-0.25, -0.2) is 8.42 Å². The number of rotatable bonds is 4. The molecule has 1 rings (SSSR count). The van der Waals surface area contributed by atoms with Gasteiger partial charge < -0.3 is 0 Å². The Hall–Kier alpha value is -1.27. The minimum Gasteiger partial charge on any atom is -0.224 e. The first kappa shape index (κ1) is 14.8. The molecule has 0 fully saturated rings. The van der Waals surface area contributed by atoms with Crippen LogP contribution in [0, 0.1) is 11.8 Å². The van der Waals surface area contributed by atoms with Gasteiger partial charge >= 0.3 is 0 Å². The first-order valence-electron chi connectivity index (χ1n) is 6.29. The van der Waals surface area contributed by atoms with Gasteiger partial charge in [0.25, 0.3) is 0 Å². The van der Waals surface area contributed by atoms with Crippen LogP contribution < -0.4 is 0 Å². The molecule has 1 atom stereocenters. The summed E-state index contributed by atoms with van der Waals surface area (Å²) in [7, 11) is -3.12. The molecular weight excluding hydrogens is 244 g/mol. The second-order valence-corrected chi connectivity index (χ2v) is 6.57. The molecule has 0 aliphatic heterocycles. The Morgan fingerprint density at radius 3 is 2.56 bits per heavy atom. The van der Waals surface area contributed by atoms with E-state index in [1.165, 1.54) is 0 Å². The summed E-state index contributed by atoms with van der Waals surface area (Å²) in [6.45, 7) is 5.76. The molecule has 0 amide bonds. The lowest BCUT2D eigenvalue weighted by molar-refractivity contribution is 0.597. The highest BCUT2D eigenvalue weighted by atomic mass is 32.2. The molecule has 0 saturated heterocycles. The molecule has 0 bridgehead atoms. The third-order valence-corrected chi connectivity index (χ3v) is 4.61. The molecule has 0 aliphatic rings. The van der Waals surface area contributed by atoms with Gasteiger partial charge in [0.1, 0.15) is 0 Å². The van der Waals surface area contributed by atoms with Crippen LogP contribution in [0.2, 0.25) is 0 Å². The van der Waals surface area contributed by atoms with E-state index in [4.69, 9.17) is 0 Å². The van der Waals surface area contributed by atoms with Gasteiger partial charge in [0.15, 0.2) is 9.84 Å². The Bertz CT molecular complexity index is 547. The maximum Gasteiger partial charge on any atom is 0.178 e. The Morgan fingerprint density at radius 1 is 1.22 bits per heavy atom. The quantitative estimate of drug-likeness (QED) is 0.781. The van der Waals surface area contributed by atoms with E-state index in [-0.39, 0.29) is 11.7 Å². The van der Waals surface area contributed by atoms with Crippen molar-refractivity contribution in [1.82, 2.24) is 0 Å². The third kappa shape index (κ3) is 3.89. The van der Waals surface area contributed by atoms with Crippen molar-refractivity contribution in [2.45, 2.75) is 44.4 Å². The van der Waals surface area contributed by atoms with Crippen molar-refractivity contribution in [3.63, 3.8) is 0 Å². The lowest BCUT2D eigenvalue weighted by Gasteiger charge is -2.10. The number of benzene rings is 1. The van der Waals surface area contributed by atoms with Crippen LogP contribution in [-0.2, 0) is 9.84 Å². The molecule has 0 N–H and O–H groups in total. The van der Waals surface area contributed by atoms with Crippen molar-refractivity contribution in [3.05, 3.63) is 29.8 Å². The maximum absolute atomic E-state index is 11.8. The normalized spacial score (nSPS) is 12.6. The lowest BCUT2D eigenvalue weighted by Crippen LogP contribution is -2.04. The highest BCUT2D eigenvalue weighted by Crippen LogP contribution is 2.22. The van der Waals surface area contributed by atoms with Crippen LogP contribution in [0.4, 0.5) is 0 Å². The Morgan fingerprint density at radius 2 is 1.94 bits per heavy atom. The average Bonchev–Trinajstić information content (AvgIpc) is 2.39. The summed E-state index contributed by atoms with van der Waals surface area (Å²) in [6, 6.07) is 7.21. The highest BCUT2D eigenvalue weighted by Gasteiger charge is 2.13. The van der Waals surface area contributed by atoms with Crippen LogP contribution in [0.25, 0.3) is 0 Å². The summed E-state index contributed by atoms with van der Waals surface area (Å²) < 4.78 is 23.6. The second-order valence-electron chi connectivity index (χ2n) is 4.29. The minimum atomic E-state index is -3.12. The summed E-state index contributed by atoms with van der Waals surface area (Å²) in [5.74, 6) is 6.54. The molecule has 3 heteroatoms. The fraction of sp³-hybridized carbons (Fsp3) is 0.467. The maximum atomic E-state index is 11.8. The van der Waals surface area contributed by atoms with Gasteiger partial charge in [0, 0.05) is 12.8 Å². The monoisotopic (exact) mass is 264 g/mol. The van der Waals surface area contributed by atoms with E-state index in [1.807, 2.05) is 19.1 Å². The Balaban J connectivity index is 2.95. The molecular formula is C15H20O2S. The summed E-state index contributed by atoms with van der Waals surface area (Å²) in [5.41, 5.74) is 1.04. The molecule has 0 spiro atoms. The SMILES string of the molecule is CCC#CCC(C)c1cccc(S(=O)(=O)CC)c1. The number of hydrogen-bond acceptors (Lipinski definition) is 2. The topological polar surface area (TPSA) is 34.1 Å². The molecule has 0 radical (unpaired) electrons. The zero-order valence-corrected chi connectivity index (χ0v) is 12.0. The molecule has 18 heavy (non-hydrogen) atoms. The van der Waals surface area contributed by atoms with Gasteiger partial charge in [-0.05, 0) is 23.6 Å². The van der Waals surface area contributed by atoms with Crippen molar-refractivity contribution >= 4 is 9.84 Å². The van der Waals surface area contributed by atoms with Gasteiger partial charge in [-0.2, -0.15) is 0 Å². The van der Waals surface area contributed by atoms with Crippen LogP contribution in [-0.4, -0.2) is 14.2 Å². The summed E-state index contributed by atoms with van der Waals surface area (Å²) >= 11 is 0. The van der Waals surface area contributed by atoms with E-state index in [0.29, 0.717) is 4.90 Å². The summed E-state index contributed by atoms with van der Waals surface area (Å²) in [5, 5.41) is 0. The molecule has 98 valence electrons. The smallest absolute Gasteiger partial charge is 0.178 e. The molecule has 0 aromatic heterocycles. The van der Waals surface area contributed by atoms with Crippen LogP contribution >= 0.6 is 0 Å². The van der Waals surface area contributed by atoms with E-state index in [0.717, 1.165) is 18.4 Å². The van der Waals surface area contributed by atoms with Crippen molar-refractivity contribution in [3.8, 4) is 11.8 Å². The van der Waals surface area contributed by atoms with E-state index < -0.39 is 9.84 Å². The van der Waals surface area contributed by atoms with E-state index in [1.54, 1.807) is 19.1 Å². The predicted molar refractivity (Wildman–Crippen MR) is 75.3 cm³/mol. The van der Waals surface area contributed by atoms with Gasteiger partial charge in [-0.3, -0.25) is 0 Å². The summed E-state index contributed by atoms with van der Waals surface area (Å²) in [6.07, 6.45) is 1.63. The van der Waals surface area contributed by atoms with Gasteiger partial charge in [-0.15, -0.1) is 11.8 Å². The van der Waals surface area contributed by atoms with E-state index in [9.17, 15) is 8.42 Å². The van der Waals surface area contributed by atoms with Crippen LogP contribution in [0.5, 0.6) is 0 Å². The highest BCUT2D eigenvalue weighted by molar-refractivity contribution is 7.91. The molecule has 1 aromatic rings. The van der Waals surface area contributed by atoms with E-state index in [2.05, 4.69) is 18.8 Å². The van der Waals surface area contributed by atoms with Crippen molar-refractivity contribution in [1.29, 1.82) is 0 Å². The fourth-order valence-corrected chi connectivity index (χ4v) is 2.58.